The van der Waals surface area contributed by atoms with Gasteiger partial charge in [0.1, 0.15) is 0 Å². The van der Waals surface area contributed by atoms with Crippen LogP contribution in [0.15, 0.2) is 0 Å². The van der Waals surface area contributed by atoms with E-state index in [1.807, 2.05) is 0 Å². The summed E-state index contributed by atoms with van der Waals surface area (Å²) in [4.78, 5) is 0. The van der Waals surface area contributed by atoms with Crippen molar-refractivity contribution in [3.05, 3.63) is 0 Å². The van der Waals surface area contributed by atoms with Crippen LogP contribution in [-0.4, -0.2) is 11.2 Å². The zero-order chi connectivity index (χ0) is 10.0. The van der Waals surface area contributed by atoms with E-state index < -0.39 is 0 Å². The number of aliphatic hydroxyl groups is 1. The predicted molar refractivity (Wildman–Crippen MR) is 59.2 cm³/mol. The molecule has 2 aliphatic carbocycles. The Morgan fingerprint density at radius 3 is 2.21 bits per heavy atom. The lowest BCUT2D eigenvalue weighted by Crippen LogP contribution is -2.32. The fourth-order valence-electron chi connectivity index (χ4n) is 2.82. The highest BCUT2D eigenvalue weighted by Crippen LogP contribution is 2.43. The molecule has 2 fully saturated rings. The number of aliphatic hydroxyl groups excluding tert-OH is 1. The number of rotatable bonds is 3. The van der Waals surface area contributed by atoms with Crippen molar-refractivity contribution in [2.75, 3.05) is 0 Å². The third kappa shape index (κ3) is 2.50. The van der Waals surface area contributed by atoms with Crippen LogP contribution in [0.5, 0.6) is 0 Å². The van der Waals surface area contributed by atoms with E-state index in [9.17, 15) is 5.11 Å². The molecule has 1 unspecified atom stereocenters. The predicted octanol–water partition coefficient (Wildman–Crippen LogP) is 3.51. The molecule has 0 aromatic rings. The van der Waals surface area contributed by atoms with Gasteiger partial charge < -0.3 is 5.11 Å². The molecule has 1 nitrogen and oxygen atoms in total. The largest absolute Gasteiger partial charge is 0.393 e. The van der Waals surface area contributed by atoms with Crippen LogP contribution >= 0.6 is 0 Å². The zero-order valence-corrected chi connectivity index (χ0v) is 9.47. The van der Waals surface area contributed by atoms with E-state index in [0.29, 0.717) is 0 Å². The standard InChI is InChI=1S/C13H24O/c1-13(8-4-2-3-5-9-13)12(14)10-11-6-7-11/h11-12,14H,2-10H2,1H3. The summed E-state index contributed by atoms with van der Waals surface area (Å²) < 4.78 is 0. The van der Waals surface area contributed by atoms with Gasteiger partial charge in [0.25, 0.3) is 0 Å². The maximum atomic E-state index is 10.3. The topological polar surface area (TPSA) is 20.2 Å². The lowest BCUT2D eigenvalue weighted by molar-refractivity contribution is 0.0154. The third-order valence-electron chi connectivity index (χ3n) is 4.30. The quantitative estimate of drug-likeness (QED) is 0.685. The van der Waals surface area contributed by atoms with Gasteiger partial charge in [-0.25, -0.2) is 0 Å². The molecule has 1 N–H and O–H groups in total. The Morgan fingerprint density at radius 1 is 1.14 bits per heavy atom. The van der Waals surface area contributed by atoms with Gasteiger partial charge in [-0.05, 0) is 30.6 Å². The molecule has 0 aromatic carbocycles. The number of hydrogen-bond acceptors (Lipinski definition) is 1. The minimum Gasteiger partial charge on any atom is -0.393 e. The molecule has 14 heavy (non-hydrogen) atoms. The van der Waals surface area contributed by atoms with Gasteiger partial charge >= 0.3 is 0 Å². The Balaban J connectivity index is 1.89. The van der Waals surface area contributed by atoms with E-state index in [2.05, 4.69) is 6.92 Å². The van der Waals surface area contributed by atoms with Crippen LogP contribution in [0.1, 0.15) is 64.7 Å². The maximum absolute atomic E-state index is 10.3. The molecule has 2 saturated carbocycles. The molecule has 0 amide bonds. The third-order valence-corrected chi connectivity index (χ3v) is 4.30. The SMILES string of the molecule is CC1(C(O)CC2CC2)CCCCCC1. The Kier molecular flexibility index (Phi) is 3.16. The van der Waals surface area contributed by atoms with Crippen molar-refractivity contribution in [2.24, 2.45) is 11.3 Å². The Morgan fingerprint density at radius 2 is 1.71 bits per heavy atom. The van der Waals surface area contributed by atoms with Gasteiger partial charge in [-0.3, -0.25) is 0 Å². The van der Waals surface area contributed by atoms with Gasteiger partial charge in [0, 0.05) is 0 Å². The summed E-state index contributed by atoms with van der Waals surface area (Å²) in [6.07, 6.45) is 11.7. The molecule has 0 aromatic heterocycles. The molecule has 0 bridgehead atoms. The molecule has 82 valence electrons. The summed E-state index contributed by atoms with van der Waals surface area (Å²) in [6, 6.07) is 0. The minimum absolute atomic E-state index is 0.0203. The molecular weight excluding hydrogens is 172 g/mol. The summed E-state index contributed by atoms with van der Waals surface area (Å²) >= 11 is 0. The molecule has 2 aliphatic rings. The Labute approximate surface area is 87.9 Å². The van der Waals surface area contributed by atoms with E-state index in [1.165, 1.54) is 51.4 Å². The van der Waals surface area contributed by atoms with Gasteiger partial charge in [-0.15, -0.1) is 0 Å². The molecule has 0 saturated heterocycles. The first-order valence-corrected chi connectivity index (χ1v) is 6.39. The number of hydrogen-bond donors (Lipinski definition) is 1. The molecule has 0 spiro atoms. The smallest absolute Gasteiger partial charge is 0.0596 e. The molecule has 1 atom stereocenters. The highest BCUT2D eigenvalue weighted by atomic mass is 16.3. The fraction of sp³-hybridized carbons (Fsp3) is 1.00. The highest BCUT2D eigenvalue weighted by Gasteiger charge is 2.36. The lowest BCUT2D eigenvalue weighted by Gasteiger charge is -2.33. The second-order valence-corrected chi connectivity index (χ2v) is 5.76. The van der Waals surface area contributed by atoms with E-state index in [1.54, 1.807) is 0 Å². The second-order valence-electron chi connectivity index (χ2n) is 5.76. The van der Waals surface area contributed by atoms with E-state index in [4.69, 9.17) is 0 Å². The first-order valence-electron chi connectivity index (χ1n) is 6.39. The van der Waals surface area contributed by atoms with Crippen molar-refractivity contribution in [3.8, 4) is 0 Å². The molecule has 0 heterocycles. The van der Waals surface area contributed by atoms with Crippen LogP contribution in [0.4, 0.5) is 0 Å². The van der Waals surface area contributed by atoms with Gasteiger partial charge in [0.05, 0.1) is 6.10 Å². The van der Waals surface area contributed by atoms with Gasteiger partial charge in [0.15, 0.2) is 0 Å². The van der Waals surface area contributed by atoms with Crippen LogP contribution in [0, 0.1) is 11.3 Å². The van der Waals surface area contributed by atoms with Gasteiger partial charge in [-0.1, -0.05) is 45.4 Å². The Hall–Kier alpha value is -0.0400. The summed E-state index contributed by atoms with van der Waals surface area (Å²) in [5.74, 6) is 0.866. The summed E-state index contributed by atoms with van der Waals surface area (Å²) in [5.41, 5.74) is 0.249. The summed E-state index contributed by atoms with van der Waals surface area (Å²) in [7, 11) is 0. The normalized spacial score (nSPS) is 29.6. The van der Waals surface area contributed by atoms with Crippen LogP contribution in [-0.2, 0) is 0 Å². The van der Waals surface area contributed by atoms with Crippen molar-refractivity contribution in [2.45, 2.75) is 70.8 Å². The summed E-state index contributed by atoms with van der Waals surface area (Å²) in [6.45, 7) is 2.31. The highest BCUT2D eigenvalue weighted by molar-refractivity contribution is 4.88. The second kappa shape index (κ2) is 4.22. The first kappa shape index (κ1) is 10.5. The average Bonchev–Trinajstić information content (AvgIpc) is 2.94. The maximum Gasteiger partial charge on any atom is 0.0596 e. The van der Waals surface area contributed by atoms with Crippen molar-refractivity contribution < 1.29 is 5.11 Å². The molecule has 0 radical (unpaired) electrons. The van der Waals surface area contributed by atoms with Gasteiger partial charge in [-0.2, -0.15) is 0 Å². The monoisotopic (exact) mass is 196 g/mol. The van der Waals surface area contributed by atoms with Crippen LogP contribution in [0.2, 0.25) is 0 Å². The van der Waals surface area contributed by atoms with E-state index >= 15 is 0 Å². The first-order chi connectivity index (χ1) is 6.71. The van der Waals surface area contributed by atoms with Crippen LogP contribution < -0.4 is 0 Å². The van der Waals surface area contributed by atoms with Crippen molar-refractivity contribution >= 4 is 0 Å². The average molecular weight is 196 g/mol. The van der Waals surface area contributed by atoms with Crippen LogP contribution in [0.3, 0.4) is 0 Å². The van der Waals surface area contributed by atoms with Crippen molar-refractivity contribution in [3.63, 3.8) is 0 Å². The van der Waals surface area contributed by atoms with E-state index in [-0.39, 0.29) is 11.5 Å². The summed E-state index contributed by atoms with van der Waals surface area (Å²) in [5, 5.41) is 10.3. The minimum atomic E-state index is -0.0203. The molecular formula is C13H24O. The van der Waals surface area contributed by atoms with Gasteiger partial charge in [0.2, 0.25) is 0 Å². The lowest BCUT2D eigenvalue weighted by atomic mass is 9.75. The van der Waals surface area contributed by atoms with E-state index in [0.717, 1.165) is 12.3 Å². The zero-order valence-electron chi connectivity index (χ0n) is 9.47. The van der Waals surface area contributed by atoms with Crippen LogP contribution in [0.25, 0.3) is 0 Å². The molecule has 2 rings (SSSR count). The van der Waals surface area contributed by atoms with Crippen molar-refractivity contribution in [1.82, 2.24) is 0 Å². The molecule has 1 heteroatoms. The fourth-order valence-corrected chi connectivity index (χ4v) is 2.82. The van der Waals surface area contributed by atoms with Crippen molar-refractivity contribution in [1.29, 1.82) is 0 Å². The Bertz CT molecular complexity index is 176. The molecule has 0 aliphatic heterocycles.